The lowest BCUT2D eigenvalue weighted by molar-refractivity contribution is 0.388. The second kappa shape index (κ2) is 7.30. The summed E-state index contributed by atoms with van der Waals surface area (Å²) in [5.41, 5.74) is 1.61. The van der Waals surface area contributed by atoms with Crippen molar-refractivity contribution in [1.82, 2.24) is 5.32 Å². The highest BCUT2D eigenvalue weighted by Gasteiger charge is 2.12. The lowest BCUT2D eigenvalue weighted by Gasteiger charge is -2.24. The van der Waals surface area contributed by atoms with E-state index < -0.39 is 0 Å². The van der Waals surface area contributed by atoms with Crippen molar-refractivity contribution in [2.45, 2.75) is 38.5 Å². The molecule has 1 aromatic rings. The zero-order chi connectivity index (χ0) is 12.7. The van der Waals surface area contributed by atoms with E-state index in [1.54, 1.807) is 0 Å². The molecule has 0 aliphatic heterocycles. The number of hydrogen-bond acceptors (Lipinski definition) is 2. The largest absolute Gasteiger partial charge is 0.311 e. The van der Waals surface area contributed by atoms with Crippen molar-refractivity contribution in [2.75, 3.05) is 12.3 Å². The van der Waals surface area contributed by atoms with E-state index in [0.29, 0.717) is 0 Å². The van der Waals surface area contributed by atoms with E-state index >= 15 is 0 Å². The first-order chi connectivity index (χ1) is 8.03. The van der Waals surface area contributed by atoms with Gasteiger partial charge in [0.15, 0.2) is 0 Å². The van der Waals surface area contributed by atoms with Gasteiger partial charge in [-0.15, -0.1) is 0 Å². The maximum absolute atomic E-state index is 5.84. The third kappa shape index (κ3) is 6.35. The average Bonchev–Trinajstić information content (AvgIpc) is 2.31. The van der Waals surface area contributed by atoms with Crippen molar-refractivity contribution in [3.8, 4) is 0 Å². The highest BCUT2D eigenvalue weighted by molar-refractivity contribution is 7.98. The summed E-state index contributed by atoms with van der Waals surface area (Å²) >= 11 is 7.80. The molecule has 0 saturated carbocycles. The Labute approximate surface area is 114 Å². The van der Waals surface area contributed by atoms with E-state index in [0.717, 1.165) is 29.5 Å². The number of thioether (sulfide) groups is 1. The van der Waals surface area contributed by atoms with Gasteiger partial charge in [-0.2, -0.15) is 11.8 Å². The molecular weight excluding hydrogens is 250 g/mol. The Bertz CT molecular complexity index is 321. The number of rotatable bonds is 7. The zero-order valence-electron chi connectivity index (χ0n) is 10.9. The van der Waals surface area contributed by atoms with Crippen molar-refractivity contribution in [2.24, 2.45) is 0 Å². The van der Waals surface area contributed by atoms with Crippen LogP contribution in [0.25, 0.3) is 0 Å². The summed E-state index contributed by atoms with van der Waals surface area (Å²) in [6.07, 6.45) is 1.16. The first-order valence-corrected chi connectivity index (χ1v) is 7.64. The predicted octanol–water partition coefficient (Wildman–Crippen LogP) is 4.35. The Hall–Kier alpha value is -0.180. The van der Waals surface area contributed by atoms with Gasteiger partial charge in [-0.05, 0) is 38.0 Å². The first-order valence-electron chi connectivity index (χ1n) is 6.11. The number of nitrogens with one attached hydrogen (secondary N) is 1. The molecular formula is C14H22ClNS. The monoisotopic (exact) mass is 271 g/mol. The van der Waals surface area contributed by atoms with E-state index in [-0.39, 0.29) is 5.54 Å². The van der Waals surface area contributed by atoms with Gasteiger partial charge in [0, 0.05) is 28.6 Å². The highest BCUT2D eigenvalue weighted by Crippen LogP contribution is 2.15. The summed E-state index contributed by atoms with van der Waals surface area (Å²) in [7, 11) is 0. The molecule has 1 nitrogen and oxygen atoms in total. The fourth-order valence-electron chi connectivity index (χ4n) is 1.36. The second-order valence-corrected chi connectivity index (χ2v) is 6.38. The van der Waals surface area contributed by atoms with Crippen LogP contribution in [0.2, 0.25) is 5.02 Å². The summed E-state index contributed by atoms with van der Waals surface area (Å²) in [5, 5.41) is 4.37. The fourth-order valence-corrected chi connectivity index (χ4v) is 2.30. The van der Waals surface area contributed by atoms with Crippen molar-refractivity contribution in [3.05, 3.63) is 34.9 Å². The Morgan fingerprint density at radius 2 is 1.88 bits per heavy atom. The molecule has 1 aromatic carbocycles. The molecule has 0 saturated heterocycles. The molecule has 0 fully saturated rings. The van der Waals surface area contributed by atoms with Gasteiger partial charge in [0.25, 0.3) is 0 Å². The van der Waals surface area contributed by atoms with Gasteiger partial charge in [-0.3, -0.25) is 0 Å². The van der Waals surface area contributed by atoms with Gasteiger partial charge in [-0.1, -0.05) is 30.7 Å². The molecule has 96 valence electrons. The topological polar surface area (TPSA) is 12.0 Å². The van der Waals surface area contributed by atoms with E-state index in [2.05, 4.69) is 38.2 Å². The van der Waals surface area contributed by atoms with Gasteiger partial charge in [-0.25, -0.2) is 0 Å². The van der Waals surface area contributed by atoms with Crippen LogP contribution in [0.1, 0.15) is 32.8 Å². The number of hydrogen-bond donors (Lipinski definition) is 1. The minimum Gasteiger partial charge on any atom is -0.311 e. The molecule has 0 unspecified atom stereocenters. The molecule has 0 radical (unpaired) electrons. The standard InChI is InChI=1S/C14H22ClNS/c1-4-14(2,3)16-9-10-17-11-12-5-7-13(15)8-6-12/h5-8,16H,4,9-11H2,1-3H3. The Morgan fingerprint density at radius 3 is 2.47 bits per heavy atom. The smallest absolute Gasteiger partial charge is 0.0406 e. The molecule has 0 bridgehead atoms. The third-order valence-electron chi connectivity index (χ3n) is 2.92. The summed E-state index contributed by atoms with van der Waals surface area (Å²) in [6.45, 7) is 7.78. The molecule has 3 heteroatoms. The van der Waals surface area contributed by atoms with Gasteiger partial charge in [0.05, 0.1) is 0 Å². The van der Waals surface area contributed by atoms with Gasteiger partial charge in [0.2, 0.25) is 0 Å². The lowest BCUT2D eigenvalue weighted by atomic mass is 10.0. The Balaban J connectivity index is 2.14. The molecule has 0 amide bonds. The van der Waals surface area contributed by atoms with Crippen LogP contribution in [-0.4, -0.2) is 17.8 Å². The minimum atomic E-state index is 0.265. The Kier molecular flexibility index (Phi) is 6.39. The molecule has 0 aromatic heterocycles. The van der Waals surface area contributed by atoms with Crippen molar-refractivity contribution < 1.29 is 0 Å². The summed E-state index contributed by atoms with van der Waals surface area (Å²) in [4.78, 5) is 0. The van der Waals surface area contributed by atoms with Gasteiger partial charge < -0.3 is 5.32 Å². The normalized spacial score (nSPS) is 11.8. The van der Waals surface area contributed by atoms with E-state index in [4.69, 9.17) is 11.6 Å². The maximum Gasteiger partial charge on any atom is 0.0406 e. The minimum absolute atomic E-state index is 0.265. The average molecular weight is 272 g/mol. The quantitative estimate of drug-likeness (QED) is 0.740. The highest BCUT2D eigenvalue weighted by atomic mass is 35.5. The molecule has 0 atom stereocenters. The molecule has 1 rings (SSSR count). The maximum atomic E-state index is 5.84. The molecule has 0 aliphatic carbocycles. The molecule has 0 spiro atoms. The van der Waals surface area contributed by atoms with Crippen LogP contribution in [0.3, 0.4) is 0 Å². The first kappa shape index (κ1) is 14.9. The summed E-state index contributed by atoms with van der Waals surface area (Å²) < 4.78 is 0. The van der Waals surface area contributed by atoms with Crippen LogP contribution in [0.4, 0.5) is 0 Å². The van der Waals surface area contributed by atoms with Crippen molar-refractivity contribution in [1.29, 1.82) is 0 Å². The molecule has 0 heterocycles. The second-order valence-electron chi connectivity index (χ2n) is 4.84. The van der Waals surface area contributed by atoms with Gasteiger partial charge >= 0.3 is 0 Å². The summed E-state index contributed by atoms with van der Waals surface area (Å²) in [5.74, 6) is 2.21. The van der Waals surface area contributed by atoms with Gasteiger partial charge in [0.1, 0.15) is 0 Å². The number of halogens is 1. The van der Waals surface area contributed by atoms with Crippen molar-refractivity contribution in [3.63, 3.8) is 0 Å². The number of benzene rings is 1. The molecule has 1 N–H and O–H groups in total. The molecule has 17 heavy (non-hydrogen) atoms. The SMILES string of the molecule is CCC(C)(C)NCCSCc1ccc(Cl)cc1. The Morgan fingerprint density at radius 1 is 1.24 bits per heavy atom. The lowest BCUT2D eigenvalue weighted by Crippen LogP contribution is -2.39. The van der Waals surface area contributed by atoms with E-state index in [9.17, 15) is 0 Å². The van der Waals surface area contributed by atoms with Crippen LogP contribution in [0.15, 0.2) is 24.3 Å². The van der Waals surface area contributed by atoms with E-state index in [1.807, 2.05) is 23.9 Å². The predicted molar refractivity (Wildman–Crippen MR) is 80.0 cm³/mol. The van der Waals surface area contributed by atoms with Crippen LogP contribution < -0.4 is 5.32 Å². The zero-order valence-corrected chi connectivity index (χ0v) is 12.5. The molecule has 0 aliphatic rings. The van der Waals surface area contributed by atoms with E-state index in [1.165, 1.54) is 5.56 Å². The van der Waals surface area contributed by atoms with Crippen LogP contribution in [0.5, 0.6) is 0 Å². The van der Waals surface area contributed by atoms with Crippen LogP contribution in [-0.2, 0) is 5.75 Å². The third-order valence-corrected chi connectivity index (χ3v) is 4.20. The van der Waals surface area contributed by atoms with Crippen LogP contribution in [0, 0.1) is 0 Å². The van der Waals surface area contributed by atoms with Crippen molar-refractivity contribution >= 4 is 23.4 Å². The fraction of sp³-hybridized carbons (Fsp3) is 0.571. The van der Waals surface area contributed by atoms with Crippen LogP contribution >= 0.6 is 23.4 Å². The summed E-state index contributed by atoms with van der Waals surface area (Å²) in [6, 6.07) is 8.10.